The summed E-state index contributed by atoms with van der Waals surface area (Å²) in [7, 11) is 0. The second-order valence-corrected chi connectivity index (χ2v) is 5.28. The fraction of sp³-hybridized carbons (Fsp3) is 0.500. The first-order chi connectivity index (χ1) is 9.70. The van der Waals surface area contributed by atoms with Crippen molar-refractivity contribution >= 4 is 5.91 Å². The molecule has 2 rings (SSSR count). The third-order valence-corrected chi connectivity index (χ3v) is 3.81. The molecule has 1 aliphatic heterocycles. The third kappa shape index (κ3) is 3.82. The lowest BCUT2D eigenvalue weighted by atomic mass is 10.1. The maximum Gasteiger partial charge on any atom is 0.236 e. The Bertz CT molecular complexity index is 483. The van der Waals surface area contributed by atoms with Gasteiger partial charge in [-0.1, -0.05) is 12.1 Å². The van der Waals surface area contributed by atoms with Crippen molar-refractivity contribution in [3.05, 3.63) is 35.4 Å². The molecule has 4 nitrogen and oxygen atoms in total. The predicted molar refractivity (Wildman–Crippen MR) is 78.0 cm³/mol. The van der Waals surface area contributed by atoms with Gasteiger partial charge in [-0.05, 0) is 43.9 Å². The Hall–Kier alpha value is -1.86. The maximum atomic E-state index is 12.1. The van der Waals surface area contributed by atoms with E-state index in [0.717, 1.165) is 31.5 Å². The van der Waals surface area contributed by atoms with E-state index in [0.29, 0.717) is 12.1 Å². The second kappa shape index (κ2) is 7.06. The minimum atomic E-state index is 0.108. The molecule has 4 heteroatoms. The van der Waals surface area contributed by atoms with E-state index < -0.39 is 0 Å². The van der Waals surface area contributed by atoms with E-state index in [2.05, 4.69) is 11.4 Å². The summed E-state index contributed by atoms with van der Waals surface area (Å²) >= 11 is 0. The first-order valence-electron chi connectivity index (χ1n) is 7.22. The van der Waals surface area contributed by atoms with E-state index >= 15 is 0 Å². The van der Waals surface area contributed by atoms with Gasteiger partial charge in [-0.3, -0.25) is 4.79 Å². The average Bonchev–Trinajstić information content (AvgIpc) is 2.53. The molecule has 0 radical (unpaired) electrons. The number of carbonyl (C=O) groups is 1. The first kappa shape index (κ1) is 14.5. The number of carbonyl (C=O) groups excluding carboxylic acids is 1. The van der Waals surface area contributed by atoms with Crippen LogP contribution in [0.4, 0.5) is 0 Å². The average molecular weight is 271 g/mol. The van der Waals surface area contributed by atoms with Gasteiger partial charge in [0.05, 0.1) is 18.2 Å². The molecule has 1 fully saturated rings. The van der Waals surface area contributed by atoms with Gasteiger partial charge < -0.3 is 10.2 Å². The Morgan fingerprint density at radius 2 is 1.95 bits per heavy atom. The van der Waals surface area contributed by atoms with Crippen LogP contribution in [0.2, 0.25) is 0 Å². The van der Waals surface area contributed by atoms with Gasteiger partial charge in [-0.2, -0.15) is 5.26 Å². The Kier molecular flexibility index (Phi) is 5.14. The SMILES string of the molecule is CC(NCC(=O)N1CCCCC1)c1ccc(C#N)cc1. The summed E-state index contributed by atoms with van der Waals surface area (Å²) in [6, 6.07) is 9.69. The lowest BCUT2D eigenvalue weighted by Crippen LogP contribution is -2.41. The van der Waals surface area contributed by atoms with E-state index in [4.69, 9.17) is 5.26 Å². The number of amides is 1. The number of benzene rings is 1. The zero-order valence-electron chi connectivity index (χ0n) is 11.9. The Morgan fingerprint density at radius 3 is 2.55 bits per heavy atom. The molecule has 0 bridgehead atoms. The van der Waals surface area contributed by atoms with Crippen molar-refractivity contribution in [1.82, 2.24) is 10.2 Å². The summed E-state index contributed by atoms with van der Waals surface area (Å²) < 4.78 is 0. The molecule has 20 heavy (non-hydrogen) atoms. The van der Waals surface area contributed by atoms with Crippen molar-refractivity contribution in [2.45, 2.75) is 32.2 Å². The molecule has 1 aromatic carbocycles. The monoisotopic (exact) mass is 271 g/mol. The zero-order chi connectivity index (χ0) is 14.4. The number of rotatable bonds is 4. The molecule has 1 unspecified atom stereocenters. The van der Waals surface area contributed by atoms with Gasteiger partial charge in [-0.15, -0.1) is 0 Å². The van der Waals surface area contributed by atoms with E-state index in [1.807, 2.05) is 24.0 Å². The van der Waals surface area contributed by atoms with Crippen molar-refractivity contribution in [3.63, 3.8) is 0 Å². The van der Waals surface area contributed by atoms with Gasteiger partial charge in [0, 0.05) is 19.1 Å². The van der Waals surface area contributed by atoms with Crippen LogP contribution in [0.1, 0.15) is 43.4 Å². The van der Waals surface area contributed by atoms with Crippen LogP contribution in [0.3, 0.4) is 0 Å². The van der Waals surface area contributed by atoms with Gasteiger partial charge in [0.2, 0.25) is 5.91 Å². The van der Waals surface area contributed by atoms with Crippen LogP contribution in [-0.2, 0) is 4.79 Å². The molecule has 0 saturated carbocycles. The van der Waals surface area contributed by atoms with E-state index in [-0.39, 0.29) is 11.9 Å². The van der Waals surface area contributed by atoms with Gasteiger partial charge in [0.25, 0.3) is 0 Å². The fourth-order valence-corrected chi connectivity index (χ4v) is 2.46. The second-order valence-electron chi connectivity index (χ2n) is 5.28. The molecular weight excluding hydrogens is 250 g/mol. The highest BCUT2D eigenvalue weighted by molar-refractivity contribution is 5.78. The van der Waals surface area contributed by atoms with E-state index in [1.165, 1.54) is 6.42 Å². The van der Waals surface area contributed by atoms with Crippen LogP contribution in [0.15, 0.2) is 24.3 Å². The lowest BCUT2D eigenvalue weighted by Gasteiger charge is -2.27. The molecule has 0 aliphatic carbocycles. The number of piperidine rings is 1. The van der Waals surface area contributed by atoms with Crippen LogP contribution >= 0.6 is 0 Å². The van der Waals surface area contributed by atoms with Crippen LogP contribution < -0.4 is 5.32 Å². The molecule has 1 N–H and O–H groups in total. The van der Waals surface area contributed by atoms with Crippen molar-refractivity contribution in [1.29, 1.82) is 5.26 Å². The number of nitrogens with one attached hydrogen (secondary N) is 1. The molecule has 106 valence electrons. The van der Waals surface area contributed by atoms with Crippen molar-refractivity contribution < 1.29 is 4.79 Å². The zero-order valence-corrected chi connectivity index (χ0v) is 11.9. The number of hydrogen-bond donors (Lipinski definition) is 1. The predicted octanol–water partition coefficient (Wildman–Crippen LogP) is 2.22. The van der Waals surface area contributed by atoms with Crippen molar-refractivity contribution in [3.8, 4) is 6.07 Å². The maximum absolute atomic E-state index is 12.1. The molecule has 1 aromatic rings. The molecule has 1 atom stereocenters. The largest absolute Gasteiger partial charge is 0.342 e. The van der Waals surface area contributed by atoms with Gasteiger partial charge in [0.1, 0.15) is 0 Å². The van der Waals surface area contributed by atoms with Crippen molar-refractivity contribution in [2.75, 3.05) is 19.6 Å². The summed E-state index contributed by atoms with van der Waals surface area (Å²) in [5.41, 5.74) is 1.75. The molecule has 1 aliphatic rings. The van der Waals surface area contributed by atoms with Gasteiger partial charge >= 0.3 is 0 Å². The summed E-state index contributed by atoms with van der Waals surface area (Å²) in [6.45, 7) is 4.20. The number of nitrogens with zero attached hydrogens (tertiary/aromatic N) is 2. The highest BCUT2D eigenvalue weighted by Gasteiger charge is 2.16. The Labute approximate surface area is 120 Å². The normalized spacial score (nSPS) is 16.5. The Balaban J connectivity index is 1.83. The summed E-state index contributed by atoms with van der Waals surface area (Å²) in [4.78, 5) is 14.0. The standard InChI is InChI=1S/C16H21N3O/c1-13(15-7-5-14(11-17)6-8-15)18-12-16(20)19-9-3-2-4-10-19/h5-8,13,18H,2-4,9-10,12H2,1H3. The summed E-state index contributed by atoms with van der Waals surface area (Å²) in [5, 5.41) is 12.0. The third-order valence-electron chi connectivity index (χ3n) is 3.81. The van der Waals surface area contributed by atoms with Gasteiger partial charge in [-0.25, -0.2) is 0 Å². The topological polar surface area (TPSA) is 56.1 Å². The highest BCUT2D eigenvalue weighted by Crippen LogP contribution is 2.13. The fourth-order valence-electron chi connectivity index (χ4n) is 2.46. The molecular formula is C16H21N3O. The smallest absolute Gasteiger partial charge is 0.236 e. The van der Waals surface area contributed by atoms with Crippen LogP contribution in [0.25, 0.3) is 0 Å². The number of likely N-dealkylation sites (tertiary alicyclic amines) is 1. The van der Waals surface area contributed by atoms with E-state index in [1.54, 1.807) is 12.1 Å². The number of hydrogen-bond acceptors (Lipinski definition) is 3. The quantitative estimate of drug-likeness (QED) is 0.913. The molecule has 1 amide bonds. The molecule has 1 saturated heterocycles. The molecule has 1 heterocycles. The van der Waals surface area contributed by atoms with Crippen LogP contribution in [0.5, 0.6) is 0 Å². The van der Waals surface area contributed by atoms with E-state index in [9.17, 15) is 4.79 Å². The van der Waals surface area contributed by atoms with Crippen LogP contribution in [-0.4, -0.2) is 30.4 Å². The lowest BCUT2D eigenvalue weighted by molar-refractivity contribution is -0.131. The minimum Gasteiger partial charge on any atom is -0.342 e. The highest BCUT2D eigenvalue weighted by atomic mass is 16.2. The van der Waals surface area contributed by atoms with Gasteiger partial charge in [0.15, 0.2) is 0 Å². The number of nitriles is 1. The first-order valence-corrected chi connectivity index (χ1v) is 7.22. The van der Waals surface area contributed by atoms with Crippen molar-refractivity contribution in [2.24, 2.45) is 0 Å². The molecule has 0 spiro atoms. The Morgan fingerprint density at radius 1 is 1.30 bits per heavy atom. The minimum absolute atomic E-state index is 0.108. The van der Waals surface area contributed by atoms with Crippen LogP contribution in [0, 0.1) is 11.3 Å². The summed E-state index contributed by atoms with van der Waals surface area (Å²) in [5.74, 6) is 0.185. The molecule has 0 aromatic heterocycles. The summed E-state index contributed by atoms with van der Waals surface area (Å²) in [6.07, 6.45) is 3.48.